The molecule has 1 atom stereocenters. The summed E-state index contributed by atoms with van der Waals surface area (Å²) in [7, 11) is -3.91. The van der Waals surface area contributed by atoms with Gasteiger partial charge in [-0.05, 0) is 36.8 Å². The predicted octanol–water partition coefficient (Wildman–Crippen LogP) is 4.03. The quantitative estimate of drug-likeness (QED) is 0.668. The van der Waals surface area contributed by atoms with E-state index in [1.165, 1.54) is 12.1 Å². The molecule has 2 aromatic rings. The average Bonchev–Trinajstić information content (AvgIpc) is 2.99. The highest BCUT2D eigenvalue weighted by Gasteiger charge is 2.43. The largest absolute Gasteiger partial charge is 0.445 e. The molecule has 0 N–H and O–H groups in total. The van der Waals surface area contributed by atoms with Crippen molar-refractivity contribution in [3.05, 3.63) is 64.7 Å². The summed E-state index contributed by atoms with van der Waals surface area (Å²) in [5, 5.41) is 1.01. The number of ether oxygens (including phenoxy) is 2. The van der Waals surface area contributed by atoms with Crippen LogP contribution in [0.3, 0.4) is 0 Å². The molecule has 3 rings (SSSR count). The van der Waals surface area contributed by atoms with Gasteiger partial charge in [-0.15, -0.1) is 0 Å². The molecule has 1 fully saturated rings. The van der Waals surface area contributed by atoms with Crippen molar-refractivity contribution in [2.45, 2.75) is 17.4 Å². The Kier molecular flexibility index (Phi) is 5.09. The van der Waals surface area contributed by atoms with Crippen LogP contribution in [-0.4, -0.2) is 26.4 Å². The smallest absolute Gasteiger partial charge is 0.401 e. The third-order valence-electron chi connectivity index (χ3n) is 3.81. The fourth-order valence-electron chi connectivity index (χ4n) is 2.35. The lowest BCUT2D eigenvalue weighted by Gasteiger charge is -2.23. The highest BCUT2D eigenvalue weighted by atomic mass is 79.9. The van der Waals surface area contributed by atoms with E-state index < -0.39 is 15.6 Å². The molecule has 0 radical (unpaired) electrons. The molecule has 1 heterocycles. The Hall–Kier alpha value is -1.57. The van der Waals surface area contributed by atoms with E-state index in [0.717, 1.165) is 11.1 Å². The first-order valence-corrected chi connectivity index (χ1v) is 10.3. The zero-order chi connectivity index (χ0) is 18.1. The summed E-state index contributed by atoms with van der Waals surface area (Å²) < 4.78 is 39.7. The van der Waals surface area contributed by atoms with Gasteiger partial charge in [0.25, 0.3) is 10.0 Å². The lowest BCUT2D eigenvalue weighted by Crippen LogP contribution is -2.30. The molecule has 1 unspecified atom stereocenters. The topological polar surface area (TPSA) is 65.0 Å². The zero-order valence-electron chi connectivity index (χ0n) is 13.3. The number of halogens is 2. The Morgan fingerprint density at radius 1 is 1.16 bits per heavy atom. The summed E-state index contributed by atoms with van der Waals surface area (Å²) in [4.78, 5) is 0.0839. The third-order valence-corrected chi connectivity index (χ3v) is 6.23. The molecule has 0 aromatic heterocycles. The van der Waals surface area contributed by atoms with E-state index >= 15 is 0 Å². The zero-order valence-corrected chi connectivity index (χ0v) is 16.4. The second kappa shape index (κ2) is 6.97. The van der Waals surface area contributed by atoms with E-state index in [2.05, 4.69) is 20.3 Å². The SMILES string of the molecule is Cc1ccc(S(=O)(=O)/N=C2/OCC(CBr)(c3ccc(Cl)cc3)O2)cc1. The number of nitrogens with zero attached hydrogens (tertiary/aromatic N) is 1. The van der Waals surface area contributed by atoms with Crippen LogP contribution in [-0.2, 0) is 25.1 Å². The first-order chi connectivity index (χ1) is 11.8. The number of hydrogen-bond donors (Lipinski definition) is 0. The van der Waals surface area contributed by atoms with Crippen molar-refractivity contribution in [2.75, 3.05) is 11.9 Å². The van der Waals surface area contributed by atoms with Crippen LogP contribution in [0, 0.1) is 6.92 Å². The van der Waals surface area contributed by atoms with Crippen LogP contribution in [0.15, 0.2) is 57.8 Å². The first kappa shape index (κ1) is 18.2. The van der Waals surface area contributed by atoms with Crippen LogP contribution in [0.4, 0.5) is 0 Å². The molecule has 25 heavy (non-hydrogen) atoms. The van der Waals surface area contributed by atoms with Gasteiger partial charge in [-0.3, -0.25) is 0 Å². The van der Waals surface area contributed by atoms with Crippen molar-refractivity contribution in [1.29, 1.82) is 0 Å². The van der Waals surface area contributed by atoms with Crippen LogP contribution >= 0.6 is 27.5 Å². The van der Waals surface area contributed by atoms with Gasteiger partial charge >= 0.3 is 6.08 Å². The maximum absolute atomic E-state index is 12.4. The van der Waals surface area contributed by atoms with E-state index in [-0.39, 0.29) is 17.6 Å². The van der Waals surface area contributed by atoms with E-state index in [1.54, 1.807) is 24.3 Å². The summed E-state index contributed by atoms with van der Waals surface area (Å²) in [6.07, 6.45) is -0.269. The van der Waals surface area contributed by atoms with Gasteiger partial charge in [-0.2, -0.15) is 8.42 Å². The third kappa shape index (κ3) is 3.83. The summed E-state index contributed by atoms with van der Waals surface area (Å²) in [5.41, 5.74) is 0.916. The number of rotatable bonds is 4. The van der Waals surface area contributed by atoms with Crippen molar-refractivity contribution >= 4 is 43.6 Å². The number of alkyl halides is 1. The molecule has 0 aliphatic carbocycles. The van der Waals surface area contributed by atoms with Crippen molar-refractivity contribution in [3.63, 3.8) is 0 Å². The number of benzene rings is 2. The van der Waals surface area contributed by atoms with Crippen molar-refractivity contribution in [1.82, 2.24) is 0 Å². The highest BCUT2D eigenvalue weighted by Crippen LogP contribution is 2.34. The Morgan fingerprint density at radius 3 is 2.40 bits per heavy atom. The number of hydrogen-bond acceptors (Lipinski definition) is 4. The van der Waals surface area contributed by atoms with Crippen LogP contribution in [0.25, 0.3) is 0 Å². The minimum atomic E-state index is -3.91. The molecule has 8 heteroatoms. The van der Waals surface area contributed by atoms with E-state index in [1.807, 2.05) is 19.1 Å². The van der Waals surface area contributed by atoms with Gasteiger partial charge in [0.15, 0.2) is 5.60 Å². The van der Waals surface area contributed by atoms with Gasteiger partial charge in [0.2, 0.25) is 0 Å². The maximum atomic E-state index is 12.4. The predicted molar refractivity (Wildman–Crippen MR) is 99.8 cm³/mol. The van der Waals surface area contributed by atoms with E-state index in [0.29, 0.717) is 10.4 Å². The second-order valence-electron chi connectivity index (χ2n) is 5.67. The molecular weight excluding hydrogens is 430 g/mol. The normalized spacial score (nSPS) is 21.8. The monoisotopic (exact) mass is 443 g/mol. The Labute approximate surface area is 159 Å². The molecule has 0 amide bonds. The summed E-state index contributed by atoms with van der Waals surface area (Å²) in [6.45, 7) is 2.02. The van der Waals surface area contributed by atoms with Gasteiger partial charge in [-0.25, -0.2) is 0 Å². The molecule has 132 valence electrons. The highest BCUT2D eigenvalue weighted by molar-refractivity contribution is 9.09. The van der Waals surface area contributed by atoms with Gasteiger partial charge < -0.3 is 9.47 Å². The molecule has 0 bridgehead atoms. The van der Waals surface area contributed by atoms with Crippen LogP contribution in [0.2, 0.25) is 5.02 Å². The second-order valence-corrected chi connectivity index (χ2v) is 8.27. The molecule has 0 saturated carbocycles. The van der Waals surface area contributed by atoms with Crippen molar-refractivity contribution in [3.8, 4) is 0 Å². The molecule has 2 aromatic carbocycles. The summed E-state index contributed by atoms with van der Waals surface area (Å²) in [5.74, 6) is 0. The lowest BCUT2D eigenvalue weighted by molar-refractivity contribution is 0.114. The Bertz CT molecular complexity index is 897. The first-order valence-electron chi connectivity index (χ1n) is 7.40. The lowest BCUT2D eigenvalue weighted by atomic mass is 9.97. The molecule has 5 nitrogen and oxygen atoms in total. The molecule has 0 spiro atoms. The number of aryl methyl sites for hydroxylation is 1. The van der Waals surface area contributed by atoms with Crippen LogP contribution in [0.5, 0.6) is 0 Å². The van der Waals surface area contributed by atoms with Crippen LogP contribution in [0.1, 0.15) is 11.1 Å². The van der Waals surface area contributed by atoms with E-state index in [4.69, 9.17) is 21.1 Å². The minimum absolute atomic E-state index is 0.0839. The Morgan fingerprint density at radius 2 is 1.80 bits per heavy atom. The van der Waals surface area contributed by atoms with Crippen molar-refractivity contribution in [2.24, 2.45) is 4.40 Å². The van der Waals surface area contributed by atoms with Gasteiger partial charge in [-0.1, -0.05) is 61.8 Å². The molecule has 1 saturated heterocycles. The molecular formula is C17H15BrClNO4S. The van der Waals surface area contributed by atoms with Gasteiger partial charge in [0.1, 0.15) is 6.61 Å². The van der Waals surface area contributed by atoms with Crippen molar-refractivity contribution < 1.29 is 17.9 Å². The van der Waals surface area contributed by atoms with Gasteiger partial charge in [0.05, 0.1) is 10.2 Å². The summed E-state index contributed by atoms with van der Waals surface area (Å²) >= 11 is 9.32. The molecule has 1 aliphatic rings. The molecule has 1 aliphatic heterocycles. The maximum Gasteiger partial charge on any atom is 0.401 e. The van der Waals surface area contributed by atoms with Crippen LogP contribution < -0.4 is 0 Å². The van der Waals surface area contributed by atoms with Gasteiger partial charge in [0, 0.05) is 5.02 Å². The summed E-state index contributed by atoms with van der Waals surface area (Å²) in [6, 6.07) is 13.5. The number of sulfonamides is 1. The Balaban J connectivity index is 1.89. The average molecular weight is 445 g/mol. The fraction of sp³-hybridized carbons (Fsp3) is 0.235. The minimum Gasteiger partial charge on any atom is -0.445 e. The standard InChI is InChI=1S/C17H15BrClNO4S/c1-12-2-8-15(9-3-12)25(21,22)20-16-23-11-17(10-18,24-16)13-4-6-14(19)7-5-13/h2-9H,10-11H2,1H3/b20-16-. The van der Waals surface area contributed by atoms with E-state index in [9.17, 15) is 8.42 Å². The fourth-order valence-corrected chi connectivity index (χ4v) is 3.95.